The number of nitrogens with zero attached hydrogens (tertiary/aromatic N) is 3. The molecule has 0 radical (unpaired) electrons. The third-order valence-corrected chi connectivity index (χ3v) is 2.64. The Morgan fingerprint density at radius 3 is 2.79 bits per heavy atom. The summed E-state index contributed by atoms with van der Waals surface area (Å²) in [6.45, 7) is 2.77. The second-order valence-electron chi connectivity index (χ2n) is 4.10. The number of hydrogen-bond acceptors (Lipinski definition) is 2. The number of halogens is 3. The quantitative estimate of drug-likeness (QED) is 0.687. The lowest BCUT2D eigenvalue weighted by molar-refractivity contribution is -0.144. The number of aromatic amines is 1. The van der Waals surface area contributed by atoms with Crippen molar-refractivity contribution >= 4 is 23.1 Å². The van der Waals surface area contributed by atoms with Crippen LogP contribution < -0.4 is 0 Å². The molecular formula is C12H13F3N4. The number of nitrogens with one attached hydrogen (secondary N) is 1. The van der Waals surface area contributed by atoms with E-state index in [2.05, 4.69) is 15.0 Å². The van der Waals surface area contributed by atoms with E-state index >= 15 is 0 Å². The van der Waals surface area contributed by atoms with Crippen LogP contribution in [-0.2, 0) is 6.18 Å². The molecule has 0 amide bonds. The Kier molecular flexibility index (Phi) is 3.46. The second-order valence-corrected chi connectivity index (χ2v) is 4.10. The largest absolute Gasteiger partial charge is 0.449 e. The highest BCUT2D eigenvalue weighted by Crippen LogP contribution is 2.29. The summed E-state index contributed by atoms with van der Waals surface area (Å²) in [7, 11) is 1.86. The van der Waals surface area contributed by atoms with Crippen molar-refractivity contribution in [1.29, 1.82) is 0 Å². The van der Waals surface area contributed by atoms with Gasteiger partial charge in [-0.1, -0.05) is 0 Å². The van der Waals surface area contributed by atoms with E-state index in [0.717, 1.165) is 6.54 Å². The van der Waals surface area contributed by atoms with Gasteiger partial charge in [-0.05, 0) is 25.1 Å². The van der Waals surface area contributed by atoms with E-state index in [1.807, 2.05) is 18.9 Å². The Morgan fingerprint density at radius 1 is 1.42 bits per heavy atom. The van der Waals surface area contributed by atoms with Crippen molar-refractivity contribution in [1.82, 2.24) is 14.9 Å². The minimum absolute atomic E-state index is 0.251. The van der Waals surface area contributed by atoms with Crippen molar-refractivity contribution in [3.63, 3.8) is 0 Å². The lowest BCUT2D eigenvalue weighted by Gasteiger charge is -2.07. The molecule has 102 valence electrons. The molecule has 7 heteroatoms. The number of aromatic nitrogens is 2. The van der Waals surface area contributed by atoms with E-state index in [4.69, 9.17) is 0 Å². The number of aliphatic imine (C=N–C) groups is 1. The summed E-state index contributed by atoms with van der Waals surface area (Å²) in [5, 5.41) is 0. The standard InChI is InChI=1S/C12H13F3N4/c1-3-19(2)7-16-8-4-5-9-10(6-8)18-11(17-9)12(13,14)15/h4-7H,3H2,1-2H3,(H,17,18)/b16-7+. The van der Waals surface area contributed by atoms with E-state index in [0.29, 0.717) is 11.2 Å². The average Bonchev–Trinajstić information content (AvgIpc) is 2.78. The number of H-pyrrole nitrogens is 1. The highest BCUT2D eigenvalue weighted by Gasteiger charge is 2.34. The zero-order valence-corrected chi connectivity index (χ0v) is 10.5. The first-order chi connectivity index (χ1) is 8.90. The fraction of sp³-hybridized carbons (Fsp3) is 0.333. The molecule has 1 heterocycles. The van der Waals surface area contributed by atoms with Crippen molar-refractivity contribution in [3.8, 4) is 0 Å². The average molecular weight is 270 g/mol. The Labute approximate surface area is 108 Å². The van der Waals surface area contributed by atoms with Crippen LogP contribution in [0.25, 0.3) is 11.0 Å². The van der Waals surface area contributed by atoms with Crippen LogP contribution in [0, 0.1) is 0 Å². The molecular weight excluding hydrogens is 257 g/mol. The molecule has 0 saturated carbocycles. The minimum atomic E-state index is -4.47. The van der Waals surface area contributed by atoms with E-state index in [1.165, 1.54) is 12.1 Å². The van der Waals surface area contributed by atoms with Crippen molar-refractivity contribution in [3.05, 3.63) is 24.0 Å². The molecule has 0 spiro atoms. The summed E-state index contributed by atoms with van der Waals surface area (Å²) in [6.07, 6.45) is -2.84. The van der Waals surface area contributed by atoms with Gasteiger partial charge in [0.1, 0.15) is 0 Å². The van der Waals surface area contributed by atoms with Gasteiger partial charge >= 0.3 is 6.18 Å². The predicted molar refractivity (Wildman–Crippen MR) is 67.6 cm³/mol. The maximum Gasteiger partial charge on any atom is 0.449 e. The number of hydrogen-bond donors (Lipinski definition) is 1. The molecule has 0 aliphatic rings. The number of benzene rings is 1. The summed E-state index contributed by atoms with van der Waals surface area (Å²) in [5.74, 6) is -0.991. The van der Waals surface area contributed by atoms with Gasteiger partial charge in [0, 0.05) is 13.6 Å². The van der Waals surface area contributed by atoms with Gasteiger partial charge in [0.2, 0.25) is 5.82 Å². The third kappa shape index (κ3) is 3.04. The van der Waals surface area contributed by atoms with Gasteiger partial charge in [-0.2, -0.15) is 13.2 Å². The van der Waals surface area contributed by atoms with Crippen molar-refractivity contribution in [2.45, 2.75) is 13.1 Å². The molecule has 2 rings (SSSR count). The number of alkyl halides is 3. The molecule has 0 bridgehead atoms. The highest BCUT2D eigenvalue weighted by atomic mass is 19.4. The first-order valence-electron chi connectivity index (χ1n) is 5.71. The Balaban J connectivity index is 2.33. The lowest BCUT2D eigenvalue weighted by atomic mass is 10.3. The summed E-state index contributed by atoms with van der Waals surface area (Å²) in [6, 6.07) is 4.69. The van der Waals surface area contributed by atoms with Gasteiger partial charge in [0.15, 0.2) is 0 Å². The van der Waals surface area contributed by atoms with Gasteiger partial charge in [0.25, 0.3) is 0 Å². The smallest absolute Gasteiger partial charge is 0.366 e. The number of imidazole rings is 1. The summed E-state index contributed by atoms with van der Waals surface area (Å²) < 4.78 is 37.5. The van der Waals surface area contributed by atoms with E-state index in [-0.39, 0.29) is 5.52 Å². The Morgan fingerprint density at radius 2 is 2.16 bits per heavy atom. The van der Waals surface area contributed by atoms with Gasteiger partial charge in [-0.25, -0.2) is 9.98 Å². The molecule has 0 fully saturated rings. The topological polar surface area (TPSA) is 44.3 Å². The summed E-state index contributed by atoms with van der Waals surface area (Å²) >= 11 is 0. The van der Waals surface area contributed by atoms with Gasteiger partial charge < -0.3 is 9.88 Å². The van der Waals surface area contributed by atoms with Crippen LogP contribution in [-0.4, -0.2) is 34.8 Å². The fourth-order valence-electron chi connectivity index (χ4n) is 1.46. The maximum absolute atomic E-state index is 12.5. The highest BCUT2D eigenvalue weighted by molar-refractivity contribution is 5.79. The molecule has 0 atom stereocenters. The van der Waals surface area contributed by atoms with Crippen molar-refractivity contribution < 1.29 is 13.2 Å². The first kappa shape index (κ1) is 13.4. The molecule has 0 aliphatic heterocycles. The van der Waals surface area contributed by atoms with Crippen LogP contribution in [0.3, 0.4) is 0 Å². The molecule has 0 aliphatic carbocycles. The molecule has 1 aromatic carbocycles. The van der Waals surface area contributed by atoms with Gasteiger partial charge in [-0.15, -0.1) is 0 Å². The van der Waals surface area contributed by atoms with E-state index in [1.54, 1.807) is 12.4 Å². The summed E-state index contributed by atoms with van der Waals surface area (Å²) in [5.41, 5.74) is 1.16. The minimum Gasteiger partial charge on any atom is -0.366 e. The Hall–Kier alpha value is -2.05. The first-order valence-corrected chi connectivity index (χ1v) is 5.71. The maximum atomic E-state index is 12.5. The van der Waals surface area contributed by atoms with E-state index in [9.17, 15) is 13.2 Å². The van der Waals surface area contributed by atoms with Crippen LogP contribution in [0.5, 0.6) is 0 Å². The van der Waals surface area contributed by atoms with E-state index < -0.39 is 12.0 Å². The van der Waals surface area contributed by atoms with Crippen molar-refractivity contribution in [2.75, 3.05) is 13.6 Å². The van der Waals surface area contributed by atoms with Crippen LogP contribution >= 0.6 is 0 Å². The van der Waals surface area contributed by atoms with Crippen LogP contribution in [0.1, 0.15) is 12.7 Å². The SMILES string of the molecule is CCN(C)/C=N/c1ccc2[nH]c(C(F)(F)F)nc2c1. The molecule has 1 N–H and O–H groups in total. The Bertz CT molecular complexity index is 601. The van der Waals surface area contributed by atoms with Crippen LogP contribution in [0.2, 0.25) is 0 Å². The summed E-state index contributed by atoms with van der Waals surface area (Å²) in [4.78, 5) is 11.8. The molecule has 4 nitrogen and oxygen atoms in total. The van der Waals surface area contributed by atoms with Crippen LogP contribution in [0.4, 0.5) is 18.9 Å². The third-order valence-electron chi connectivity index (χ3n) is 2.64. The normalized spacial score (nSPS) is 12.5. The molecule has 19 heavy (non-hydrogen) atoms. The monoisotopic (exact) mass is 270 g/mol. The van der Waals surface area contributed by atoms with Gasteiger partial charge in [-0.3, -0.25) is 0 Å². The molecule has 1 aromatic heterocycles. The number of rotatable bonds is 3. The van der Waals surface area contributed by atoms with Gasteiger partial charge in [0.05, 0.1) is 23.1 Å². The molecule has 0 unspecified atom stereocenters. The zero-order chi connectivity index (χ0) is 14.0. The van der Waals surface area contributed by atoms with Crippen molar-refractivity contribution in [2.24, 2.45) is 4.99 Å². The molecule has 0 saturated heterocycles. The predicted octanol–water partition coefficient (Wildman–Crippen LogP) is 3.19. The zero-order valence-electron chi connectivity index (χ0n) is 10.5. The van der Waals surface area contributed by atoms with Crippen LogP contribution in [0.15, 0.2) is 23.2 Å². The lowest BCUT2D eigenvalue weighted by Crippen LogP contribution is -2.14. The molecule has 2 aromatic rings. The number of fused-ring (bicyclic) bond motifs is 1. The second kappa shape index (κ2) is 4.91. The fourth-order valence-corrected chi connectivity index (χ4v) is 1.46.